The largest absolute Gasteiger partial charge is 0.489 e. The summed E-state index contributed by atoms with van der Waals surface area (Å²) in [7, 11) is 2.06. The fraction of sp³-hybridized carbons (Fsp3) is 0.647. The van der Waals surface area contributed by atoms with Crippen molar-refractivity contribution in [3.05, 3.63) is 28.5 Å². The first-order valence-electron chi connectivity index (χ1n) is 7.95. The van der Waals surface area contributed by atoms with Crippen LogP contribution in [0.1, 0.15) is 44.9 Å². The SMILES string of the molecule is CNC1CC(Oc2ccc(F)cc2Br)C12CCCCCC2. The van der Waals surface area contributed by atoms with Gasteiger partial charge in [0.05, 0.1) is 4.47 Å². The van der Waals surface area contributed by atoms with Crippen LogP contribution < -0.4 is 10.1 Å². The smallest absolute Gasteiger partial charge is 0.134 e. The molecule has 2 atom stereocenters. The number of benzene rings is 1. The summed E-state index contributed by atoms with van der Waals surface area (Å²) in [5.41, 5.74) is 0.263. The molecule has 0 bridgehead atoms. The lowest BCUT2D eigenvalue weighted by atomic mass is 9.58. The first-order valence-corrected chi connectivity index (χ1v) is 8.74. The summed E-state index contributed by atoms with van der Waals surface area (Å²) in [6.45, 7) is 0. The van der Waals surface area contributed by atoms with Crippen molar-refractivity contribution < 1.29 is 9.13 Å². The second kappa shape index (κ2) is 6.25. The van der Waals surface area contributed by atoms with Crippen LogP contribution in [0.4, 0.5) is 4.39 Å². The number of hydrogen-bond donors (Lipinski definition) is 1. The lowest BCUT2D eigenvalue weighted by Crippen LogP contribution is -2.64. The molecule has 1 N–H and O–H groups in total. The lowest BCUT2D eigenvalue weighted by Gasteiger charge is -2.55. The van der Waals surface area contributed by atoms with Gasteiger partial charge in [-0.05, 0) is 54.0 Å². The molecule has 0 saturated heterocycles. The van der Waals surface area contributed by atoms with Crippen molar-refractivity contribution in [1.82, 2.24) is 5.32 Å². The van der Waals surface area contributed by atoms with Gasteiger partial charge >= 0.3 is 0 Å². The Morgan fingerprint density at radius 3 is 2.57 bits per heavy atom. The van der Waals surface area contributed by atoms with Gasteiger partial charge in [0.15, 0.2) is 0 Å². The van der Waals surface area contributed by atoms with E-state index in [0.29, 0.717) is 10.5 Å². The van der Waals surface area contributed by atoms with E-state index in [2.05, 4.69) is 28.3 Å². The Balaban J connectivity index is 1.78. The van der Waals surface area contributed by atoms with E-state index in [1.165, 1.54) is 50.7 Å². The maximum atomic E-state index is 13.2. The Kier molecular flexibility index (Phi) is 4.55. The molecule has 4 heteroatoms. The van der Waals surface area contributed by atoms with E-state index in [1.54, 1.807) is 6.07 Å². The molecule has 2 nitrogen and oxygen atoms in total. The van der Waals surface area contributed by atoms with Gasteiger partial charge < -0.3 is 10.1 Å². The predicted molar refractivity (Wildman–Crippen MR) is 86.1 cm³/mol. The van der Waals surface area contributed by atoms with Crippen LogP contribution in [0.15, 0.2) is 22.7 Å². The molecule has 0 amide bonds. The third kappa shape index (κ3) is 2.85. The summed E-state index contributed by atoms with van der Waals surface area (Å²) in [4.78, 5) is 0. The minimum Gasteiger partial charge on any atom is -0.489 e. The standard InChI is InChI=1S/C17H23BrFNO/c1-20-15-11-16(17(15)8-4-2-3-5-9-17)21-14-7-6-12(19)10-13(14)18/h6-7,10,15-16,20H,2-5,8-9,11H2,1H3. The molecule has 0 aromatic heterocycles. The molecule has 3 rings (SSSR count). The average Bonchev–Trinajstić information content (AvgIpc) is 2.72. The van der Waals surface area contributed by atoms with Gasteiger partial charge in [0.1, 0.15) is 17.7 Å². The van der Waals surface area contributed by atoms with Gasteiger partial charge in [-0.15, -0.1) is 0 Å². The molecule has 2 fully saturated rings. The average molecular weight is 356 g/mol. The van der Waals surface area contributed by atoms with E-state index in [1.807, 2.05) is 0 Å². The molecule has 116 valence electrons. The minimum absolute atomic E-state index is 0.236. The van der Waals surface area contributed by atoms with Crippen molar-refractivity contribution in [2.24, 2.45) is 5.41 Å². The number of halogens is 2. The summed E-state index contributed by atoms with van der Waals surface area (Å²) in [5.74, 6) is 0.527. The second-order valence-electron chi connectivity index (χ2n) is 6.41. The highest BCUT2D eigenvalue weighted by Gasteiger charge is 2.55. The zero-order valence-corrected chi connectivity index (χ0v) is 14.1. The van der Waals surface area contributed by atoms with Gasteiger partial charge in [0.25, 0.3) is 0 Å². The maximum Gasteiger partial charge on any atom is 0.134 e. The number of nitrogens with one attached hydrogen (secondary N) is 1. The van der Waals surface area contributed by atoms with Crippen molar-refractivity contribution in [2.75, 3.05) is 7.05 Å². The van der Waals surface area contributed by atoms with Crippen molar-refractivity contribution in [1.29, 1.82) is 0 Å². The van der Waals surface area contributed by atoms with Gasteiger partial charge in [0.2, 0.25) is 0 Å². The molecule has 1 spiro atoms. The molecule has 0 radical (unpaired) electrons. The van der Waals surface area contributed by atoms with E-state index < -0.39 is 0 Å². The summed E-state index contributed by atoms with van der Waals surface area (Å²) in [5, 5.41) is 3.48. The Hall–Kier alpha value is -0.610. The van der Waals surface area contributed by atoms with Crippen molar-refractivity contribution in [3.8, 4) is 5.75 Å². The van der Waals surface area contributed by atoms with Crippen LogP contribution in [0.25, 0.3) is 0 Å². The zero-order valence-electron chi connectivity index (χ0n) is 12.5. The molecule has 0 aliphatic heterocycles. The summed E-state index contributed by atoms with van der Waals surface area (Å²) >= 11 is 3.41. The van der Waals surface area contributed by atoms with Gasteiger partial charge in [-0.2, -0.15) is 0 Å². The number of hydrogen-bond acceptors (Lipinski definition) is 2. The van der Waals surface area contributed by atoms with E-state index in [4.69, 9.17) is 4.74 Å². The zero-order chi connectivity index (χ0) is 14.9. The molecular formula is C17H23BrFNO. The van der Waals surface area contributed by atoms with Crippen LogP contribution in [0.2, 0.25) is 0 Å². The normalized spacial score (nSPS) is 28.0. The Bertz CT molecular complexity index is 500. The first kappa shape index (κ1) is 15.3. The quantitative estimate of drug-likeness (QED) is 0.850. The van der Waals surface area contributed by atoms with E-state index in [-0.39, 0.29) is 17.3 Å². The van der Waals surface area contributed by atoms with Crippen LogP contribution in [0.3, 0.4) is 0 Å². The van der Waals surface area contributed by atoms with Gasteiger partial charge in [-0.3, -0.25) is 0 Å². The Morgan fingerprint density at radius 2 is 1.95 bits per heavy atom. The molecular weight excluding hydrogens is 333 g/mol. The van der Waals surface area contributed by atoms with E-state index in [9.17, 15) is 4.39 Å². The van der Waals surface area contributed by atoms with Crippen LogP contribution in [-0.4, -0.2) is 19.2 Å². The molecule has 21 heavy (non-hydrogen) atoms. The molecule has 1 aromatic rings. The molecule has 2 aliphatic carbocycles. The summed E-state index contributed by atoms with van der Waals surface area (Å²) < 4.78 is 20.2. The van der Waals surface area contributed by atoms with Crippen molar-refractivity contribution in [3.63, 3.8) is 0 Å². The molecule has 2 aliphatic rings. The van der Waals surface area contributed by atoms with E-state index >= 15 is 0 Å². The molecule has 2 saturated carbocycles. The van der Waals surface area contributed by atoms with Gasteiger partial charge in [0, 0.05) is 17.9 Å². The second-order valence-corrected chi connectivity index (χ2v) is 7.26. The highest BCUT2D eigenvalue weighted by Crippen LogP contribution is 2.52. The summed E-state index contributed by atoms with van der Waals surface area (Å²) in [6, 6.07) is 5.23. The van der Waals surface area contributed by atoms with E-state index in [0.717, 1.165) is 12.2 Å². The van der Waals surface area contributed by atoms with Crippen molar-refractivity contribution in [2.45, 2.75) is 57.1 Å². The fourth-order valence-corrected chi connectivity index (χ4v) is 4.54. The third-order valence-electron chi connectivity index (χ3n) is 5.33. The topological polar surface area (TPSA) is 21.3 Å². The van der Waals surface area contributed by atoms with Crippen LogP contribution in [-0.2, 0) is 0 Å². The first-order chi connectivity index (χ1) is 10.2. The molecule has 1 aromatic carbocycles. The summed E-state index contributed by atoms with van der Waals surface area (Å²) in [6.07, 6.45) is 9.03. The number of ether oxygens (including phenoxy) is 1. The van der Waals surface area contributed by atoms with Crippen molar-refractivity contribution >= 4 is 15.9 Å². The van der Waals surface area contributed by atoms with Crippen LogP contribution in [0, 0.1) is 11.2 Å². The minimum atomic E-state index is -0.236. The maximum absolute atomic E-state index is 13.2. The highest BCUT2D eigenvalue weighted by molar-refractivity contribution is 9.10. The fourth-order valence-electron chi connectivity index (χ4n) is 4.10. The van der Waals surface area contributed by atoms with Gasteiger partial charge in [-0.1, -0.05) is 25.7 Å². The molecule has 2 unspecified atom stereocenters. The van der Waals surface area contributed by atoms with Crippen LogP contribution >= 0.6 is 15.9 Å². The highest BCUT2D eigenvalue weighted by atomic mass is 79.9. The lowest BCUT2D eigenvalue weighted by molar-refractivity contribution is -0.0885. The van der Waals surface area contributed by atoms with Crippen LogP contribution in [0.5, 0.6) is 5.75 Å². The third-order valence-corrected chi connectivity index (χ3v) is 5.95. The Morgan fingerprint density at radius 1 is 1.24 bits per heavy atom. The number of rotatable bonds is 3. The van der Waals surface area contributed by atoms with Gasteiger partial charge in [-0.25, -0.2) is 4.39 Å². The monoisotopic (exact) mass is 355 g/mol. The molecule has 0 heterocycles. The predicted octanol–water partition coefficient (Wildman–Crippen LogP) is 4.67. The Labute approximate surface area is 134 Å².